The molecule has 1 aromatic carbocycles. The van der Waals surface area contributed by atoms with Gasteiger partial charge in [-0.1, -0.05) is 0 Å². The second-order valence-corrected chi connectivity index (χ2v) is 6.72. The zero-order valence-electron chi connectivity index (χ0n) is 10.0. The van der Waals surface area contributed by atoms with E-state index in [4.69, 9.17) is 0 Å². The van der Waals surface area contributed by atoms with Crippen molar-refractivity contribution in [2.45, 2.75) is 30.4 Å². The molecule has 0 heterocycles. The topological polar surface area (TPSA) is 46.2 Å². The average molecular weight is 239 g/mol. The van der Waals surface area contributed by atoms with E-state index in [9.17, 15) is 9.00 Å². The smallest absolute Gasteiger partial charge is 0.251 e. The summed E-state index contributed by atoms with van der Waals surface area (Å²) in [6, 6.07) is 6.87. The Balaban J connectivity index is 2.96. The van der Waals surface area contributed by atoms with E-state index in [1.54, 1.807) is 31.3 Å². The lowest BCUT2D eigenvalue weighted by Gasteiger charge is -2.17. The van der Waals surface area contributed by atoms with Crippen molar-refractivity contribution >= 4 is 16.7 Å². The van der Waals surface area contributed by atoms with Gasteiger partial charge in [-0.25, -0.2) is 0 Å². The molecule has 88 valence electrons. The molecular weight excluding hydrogens is 222 g/mol. The zero-order chi connectivity index (χ0) is 12.3. The van der Waals surface area contributed by atoms with Gasteiger partial charge in [0.2, 0.25) is 0 Å². The highest BCUT2D eigenvalue weighted by Crippen LogP contribution is 2.20. The van der Waals surface area contributed by atoms with Crippen LogP contribution < -0.4 is 5.32 Å². The van der Waals surface area contributed by atoms with Crippen molar-refractivity contribution in [2.24, 2.45) is 0 Å². The third-order valence-corrected chi connectivity index (χ3v) is 3.93. The molecule has 1 N–H and O–H groups in total. The van der Waals surface area contributed by atoms with E-state index in [2.05, 4.69) is 5.32 Å². The standard InChI is InChI=1S/C12H17NO2S/c1-12(2,3)16(15)10-7-5-9(6-8-10)11(14)13-4/h5-8H,1-4H3,(H,13,14). The van der Waals surface area contributed by atoms with Gasteiger partial charge < -0.3 is 5.32 Å². The van der Waals surface area contributed by atoms with Crippen LogP contribution in [0.1, 0.15) is 31.1 Å². The molecule has 4 heteroatoms. The molecule has 16 heavy (non-hydrogen) atoms. The van der Waals surface area contributed by atoms with Crippen molar-refractivity contribution < 1.29 is 9.00 Å². The van der Waals surface area contributed by atoms with E-state index in [-0.39, 0.29) is 10.7 Å². The van der Waals surface area contributed by atoms with Gasteiger partial charge in [-0.15, -0.1) is 0 Å². The summed E-state index contributed by atoms with van der Waals surface area (Å²) in [6.07, 6.45) is 0. The first kappa shape index (κ1) is 12.9. The molecular formula is C12H17NO2S. The number of carbonyl (C=O) groups is 1. The van der Waals surface area contributed by atoms with E-state index in [0.29, 0.717) is 5.56 Å². The van der Waals surface area contributed by atoms with E-state index < -0.39 is 10.8 Å². The van der Waals surface area contributed by atoms with Gasteiger partial charge in [-0.2, -0.15) is 0 Å². The minimum absolute atomic E-state index is 0.131. The first-order valence-electron chi connectivity index (χ1n) is 5.10. The molecule has 0 saturated heterocycles. The predicted molar refractivity (Wildman–Crippen MR) is 66.0 cm³/mol. The lowest BCUT2D eigenvalue weighted by Crippen LogP contribution is -2.22. The number of hydrogen-bond acceptors (Lipinski definition) is 2. The third kappa shape index (κ3) is 2.92. The molecule has 3 nitrogen and oxygen atoms in total. The molecule has 0 fully saturated rings. The summed E-state index contributed by atoms with van der Waals surface area (Å²) < 4.78 is 11.7. The lowest BCUT2D eigenvalue weighted by atomic mass is 10.2. The molecule has 1 unspecified atom stereocenters. The molecule has 0 radical (unpaired) electrons. The average Bonchev–Trinajstić information content (AvgIpc) is 2.26. The van der Waals surface area contributed by atoms with Crippen molar-refractivity contribution in [2.75, 3.05) is 7.05 Å². The SMILES string of the molecule is CNC(=O)c1ccc(S(=O)C(C)(C)C)cc1. The summed E-state index contributed by atoms with van der Waals surface area (Å²) in [6.45, 7) is 5.78. The van der Waals surface area contributed by atoms with Crippen molar-refractivity contribution in [1.29, 1.82) is 0 Å². The van der Waals surface area contributed by atoms with Crippen molar-refractivity contribution in [3.63, 3.8) is 0 Å². The molecule has 0 spiro atoms. The third-order valence-electron chi connectivity index (χ3n) is 2.11. The number of benzene rings is 1. The fourth-order valence-corrected chi connectivity index (χ4v) is 2.32. The first-order valence-corrected chi connectivity index (χ1v) is 6.25. The monoisotopic (exact) mass is 239 g/mol. The van der Waals surface area contributed by atoms with E-state index >= 15 is 0 Å². The predicted octanol–water partition coefficient (Wildman–Crippen LogP) is 1.95. The Morgan fingerprint density at radius 1 is 1.19 bits per heavy atom. The van der Waals surface area contributed by atoms with Gasteiger partial charge in [0.25, 0.3) is 5.91 Å². The van der Waals surface area contributed by atoms with E-state index in [0.717, 1.165) is 4.90 Å². The van der Waals surface area contributed by atoms with Crippen LogP contribution in [0.2, 0.25) is 0 Å². The molecule has 1 amide bonds. The Labute approximate surface area is 98.7 Å². The number of rotatable bonds is 2. The van der Waals surface area contributed by atoms with Gasteiger partial charge >= 0.3 is 0 Å². The molecule has 0 aliphatic heterocycles. The highest BCUT2D eigenvalue weighted by Gasteiger charge is 2.21. The molecule has 1 aromatic rings. The highest BCUT2D eigenvalue weighted by atomic mass is 32.2. The van der Waals surface area contributed by atoms with Gasteiger partial charge in [0.15, 0.2) is 0 Å². The Bertz CT molecular complexity index is 404. The van der Waals surface area contributed by atoms with E-state index in [1.807, 2.05) is 20.8 Å². The van der Waals surface area contributed by atoms with Crippen LogP contribution in [0.5, 0.6) is 0 Å². The van der Waals surface area contributed by atoms with Gasteiger partial charge in [0, 0.05) is 22.3 Å². The maximum atomic E-state index is 12.0. The zero-order valence-corrected chi connectivity index (χ0v) is 10.9. The summed E-state index contributed by atoms with van der Waals surface area (Å²) in [5.41, 5.74) is 0.581. The minimum atomic E-state index is -1.06. The van der Waals surface area contributed by atoms with Crippen LogP contribution in [0.3, 0.4) is 0 Å². The van der Waals surface area contributed by atoms with Crippen LogP contribution in [0.15, 0.2) is 29.2 Å². The molecule has 0 saturated carbocycles. The van der Waals surface area contributed by atoms with Crippen molar-refractivity contribution in [3.05, 3.63) is 29.8 Å². The van der Waals surface area contributed by atoms with Crippen LogP contribution in [0, 0.1) is 0 Å². The summed E-state index contributed by atoms with van der Waals surface area (Å²) in [4.78, 5) is 12.1. The van der Waals surface area contributed by atoms with Crippen LogP contribution in [-0.4, -0.2) is 21.9 Å². The lowest BCUT2D eigenvalue weighted by molar-refractivity contribution is 0.0963. The van der Waals surface area contributed by atoms with Crippen molar-refractivity contribution in [1.82, 2.24) is 5.32 Å². The molecule has 0 aliphatic rings. The Kier molecular flexibility index (Phi) is 3.86. The molecule has 1 rings (SSSR count). The molecule has 0 aliphatic carbocycles. The molecule has 0 aromatic heterocycles. The van der Waals surface area contributed by atoms with Crippen LogP contribution in [0.25, 0.3) is 0 Å². The number of amides is 1. The Morgan fingerprint density at radius 2 is 1.69 bits per heavy atom. The molecule has 0 bridgehead atoms. The van der Waals surface area contributed by atoms with Crippen LogP contribution >= 0.6 is 0 Å². The number of nitrogens with one attached hydrogen (secondary N) is 1. The minimum Gasteiger partial charge on any atom is -0.355 e. The molecule has 1 atom stereocenters. The van der Waals surface area contributed by atoms with Crippen LogP contribution in [-0.2, 0) is 10.8 Å². The fourth-order valence-electron chi connectivity index (χ4n) is 1.23. The quantitative estimate of drug-likeness (QED) is 0.857. The fraction of sp³-hybridized carbons (Fsp3) is 0.417. The maximum Gasteiger partial charge on any atom is 0.251 e. The number of hydrogen-bond donors (Lipinski definition) is 1. The summed E-state index contributed by atoms with van der Waals surface area (Å²) in [5.74, 6) is -0.131. The van der Waals surface area contributed by atoms with Gasteiger partial charge in [0.1, 0.15) is 0 Å². The Morgan fingerprint density at radius 3 is 2.06 bits per heavy atom. The summed E-state index contributed by atoms with van der Waals surface area (Å²) >= 11 is 0. The van der Waals surface area contributed by atoms with Gasteiger partial charge in [0.05, 0.1) is 10.8 Å². The van der Waals surface area contributed by atoms with Crippen LogP contribution in [0.4, 0.5) is 0 Å². The summed E-state index contributed by atoms with van der Waals surface area (Å²) in [5, 5.41) is 2.55. The van der Waals surface area contributed by atoms with Crippen molar-refractivity contribution in [3.8, 4) is 0 Å². The van der Waals surface area contributed by atoms with Gasteiger partial charge in [-0.3, -0.25) is 9.00 Å². The maximum absolute atomic E-state index is 12.0. The van der Waals surface area contributed by atoms with E-state index in [1.165, 1.54) is 0 Å². The Hall–Kier alpha value is -1.16. The highest BCUT2D eigenvalue weighted by molar-refractivity contribution is 7.86. The number of carbonyl (C=O) groups excluding carboxylic acids is 1. The first-order chi connectivity index (χ1) is 7.36. The summed E-state index contributed by atoms with van der Waals surface area (Å²) in [7, 11) is 0.531. The second kappa shape index (κ2) is 4.78. The normalized spacial score (nSPS) is 13.2. The largest absolute Gasteiger partial charge is 0.355 e. The second-order valence-electron chi connectivity index (χ2n) is 4.48. The van der Waals surface area contributed by atoms with Gasteiger partial charge in [-0.05, 0) is 45.0 Å².